The number of hydrogen-bond acceptors (Lipinski definition) is 2. The van der Waals surface area contributed by atoms with Crippen molar-refractivity contribution >= 4 is 28.5 Å². The van der Waals surface area contributed by atoms with Crippen LogP contribution in [0, 0.1) is 16.4 Å². The normalized spacial score (nSPS) is 16.4. The van der Waals surface area contributed by atoms with E-state index in [1.165, 1.54) is 6.42 Å². The molecule has 2 rings (SSSR count). The van der Waals surface area contributed by atoms with Crippen molar-refractivity contribution in [3.05, 3.63) is 32.9 Å². The molecule has 0 aliphatic carbocycles. The molecule has 20 heavy (non-hydrogen) atoms. The number of hydrogen-bond donors (Lipinski definition) is 1. The minimum atomic E-state index is 0.199. The van der Waals surface area contributed by atoms with Crippen LogP contribution in [0.5, 0.6) is 0 Å². The van der Waals surface area contributed by atoms with Crippen molar-refractivity contribution < 1.29 is 4.79 Å². The summed E-state index contributed by atoms with van der Waals surface area (Å²) in [6.07, 6.45) is 3.49. The van der Waals surface area contributed by atoms with E-state index in [0.717, 1.165) is 53.1 Å². The van der Waals surface area contributed by atoms with Crippen molar-refractivity contribution in [2.24, 2.45) is 5.92 Å². The predicted octanol–water partition coefficient (Wildman–Crippen LogP) is 3.06. The van der Waals surface area contributed by atoms with Crippen molar-refractivity contribution in [1.82, 2.24) is 10.2 Å². The number of amides is 1. The fourth-order valence-corrected chi connectivity index (χ4v) is 3.31. The van der Waals surface area contributed by atoms with E-state index in [1.54, 1.807) is 0 Å². The molecular weight excluding hydrogens is 363 g/mol. The summed E-state index contributed by atoms with van der Waals surface area (Å²) < 4.78 is 1.05. The van der Waals surface area contributed by atoms with Crippen molar-refractivity contribution in [2.45, 2.75) is 26.2 Å². The van der Waals surface area contributed by atoms with Gasteiger partial charge in [0.05, 0.1) is 5.56 Å². The third-order valence-corrected chi connectivity index (χ3v) is 5.00. The van der Waals surface area contributed by atoms with Crippen LogP contribution in [-0.4, -0.2) is 37.5 Å². The lowest BCUT2D eigenvalue weighted by atomic mass is 9.93. The van der Waals surface area contributed by atoms with Crippen LogP contribution < -0.4 is 5.32 Å². The Hall–Kier alpha value is -0.620. The number of carbonyl (C=O) groups is 1. The quantitative estimate of drug-likeness (QED) is 0.807. The average molecular weight is 386 g/mol. The van der Waals surface area contributed by atoms with Gasteiger partial charge in [-0.1, -0.05) is 11.6 Å². The smallest absolute Gasteiger partial charge is 0.254 e. The van der Waals surface area contributed by atoms with E-state index in [-0.39, 0.29) is 5.91 Å². The summed E-state index contributed by atoms with van der Waals surface area (Å²) in [5, 5.41) is 3.21. The molecule has 1 amide bonds. The number of aryl methyl sites for hydroxylation is 1. The standard InChI is InChI=1S/C16H23IN2O/c1-12-3-4-15(17)14(11-12)16(20)19-9-6-13(7-10-19)5-8-18-2/h3-4,11,13,18H,5-10H2,1-2H3. The van der Waals surface area contributed by atoms with Crippen molar-refractivity contribution in [1.29, 1.82) is 0 Å². The van der Waals surface area contributed by atoms with Gasteiger partial charge in [-0.2, -0.15) is 0 Å². The highest BCUT2D eigenvalue weighted by atomic mass is 127. The summed E-state index contributed by atoms with van der Waals surface area (Å²) in [5.41, 5.74) is 2.01. The first-order chi connectivity index (χ1) is 9.61. The fraction of sp³-hybridized carbons (Fsp3) is 0.562. The lowest BCUT2D eigenvalue weighted by molar-refractivity contribution is 0.0686. The number of nitrogens with zero attached hydrogens (tertiary/aromatic N) is 1. The van der Waals surface area contributed by atoms with Gasteiger partial charge in [0.1, 0.15) is 0 Å². The molecule has 110 valence electrons. The zero-order valence-electron chi connectivity index (χ0n) is 12.3. The Kier molecular flexibility index (Phi) is 5.84. The lowest BCUT2D eigenvalue weighted by Crippen LogP contribution is -2.39. The minimum absolute atomic E-state index is 0.199. The second-order valence-corrected chi connectivity index (χ2v) is 6.77. The highest BCUT2D eigenvalue weighted by molar-refractivity contribution is 14.1. The van der Waals surface area contributed by atoms with E-state index < -0.39 is 0 Å². The van der Waals surface area contributed by atoms with Crippen LogP contribution in [-0.2, 0) is 0 Å². The summed E-state index contributed by atoms with van der Waals surface area (Å²) in [5.74, 6) is 0.966. The molecule has 0 bridgehead atoms. The zero-order chi connectivity index (χ0) is 14.5. The first-order valence-electron chi connectivity index (χ1n) is 7.32. The van der Waals surface area contributed by atoms with Gasteiger partial charge in [0, 0.05) is 16.7 Å². The van der Waals surface area contributed by atoms with Crippen LogP contribution >= 0.6 is 22.6 Å². The molecule has 1 heterocycles. The molecule has 1 aliphatic rings. The predicted molar refractivity (Wildman–Crippen MR) is 91.1 cm³/mol. The Balaban J connectivity index is 1.96. The molecule has 1 saturated heterocycles. The SMILES string of the molecule is CNCCC1CCN(C(=O)c2cc(C)ccc2I)CC1. The second kappa shape index (κ2) is 7.41. The van der Waals surface area contributed by atoms with Gasteiger partial charge in [-0.15, -0.1) is 0 Å². The van der Waals surface area contributed by atoms with Crippen LogP contribution in [0.15, 0.2) is 18.2 Å². The van der Waals surface area contributed by atoms with E-state index in [4.69, 9.17) is 0 Å². The summed E-state index contributed by atoms with van der Waals surface area (Å²) >= 11 is 2.26. The number of rotatable bonds is 4. The molecule has 0 unspecified atom stereocenters. The van der Waals surface area contributed by atoms with Gasteiger partial charge in [-0.3, -0.25) is 4.79 Å². The van der Waals surface area contributed by atoms with Crippen LogP contribution in [0.2, 0.25) is 0 Å². The molecule has 1 N–H and O–H groups in total. The molecule has 4 heteroatoms. The Bertz CT molecular complexity index is 468. The van der Waals surface area contributed by atoms with Gasteiger partial charge in [0.15, 0.2) is 0 Å². The second-order valence-electron chi connectivity index (χ2n) is 5.61. The van der Waals surface area contributed by atoms with E-state index in [2.05, 4.69) is 34.0 Å². The number of piperidine rings is 1. The minimum Gasteiger partial charge on any atom is -0.339 e. The Morgan fingerprint density at radius 3 is 2.75 bits per heavy atom. The molecule has 0 saturated carbocycles. The summed E-state index contributed by atoms with van der Waals surface area (Å²) in [6, 6.07) is 6.10. The molecule has 1 fully saturated rings. The molecule has 1 aromatic carbocycles. The van der Waals surface area contributed by atoms with Crippen molar-refractivity contribution in [3.8, 4) is 0 Å². The monoisotopic (exact) mass is 386 g/mol. The maximum Gasteiger partial charge on any atom is 0.254 e. The van der Waals surface area contributed by atoms with E-state index in [9.17, 15) is 4.79 Å². The van der Waals surface area contributed by atoms with E-state index in [1.807, 2.05) is 31.0 Å². The van der Waals surface area contributed by atoms with Crippen molar-refractivity contribution in [2.75, 3.05) is 26.7 Å². The molecule has 1 aromatic rings. The number of likely N-dealkylation sites (tertiary alicyclic amines) is 1. The van der Waals surface area contributed by atoms with Crippen LogP contribution in [0.25, 0.3) is 0 Å². The van der Waals surface area contributed by atoms with Crippen LogP contribution in [0.1, 0.15) is 35.2 Å². The molecule has 0 spiro atoms. The molecule has 3 nitrogen and oxygen atoms in total. The van der Waals surface area contributed by atoms with Gasteiger partial charge in [0.25, 0.3) is 5.91 Å². The largest absolute Gasteiger partial charge is 0.339 e. The first-order valence-corrected chi connectivity index (χ1v) is 8.39. The maximum atomic E-state index is 12.6. The number of benzene rings is 1. The first kappa shape index (κ1) is 15.8. The average Bonchev–Trinajstić information content (AvgIpc) is 2.47. The third kappa shape index (κ3) is 3.95. The Morgan fingerprint density at radius 2 is 2.10 bits per heavy atom. The van der Waals surface area contributed by atoms with Gasteiger partial charge in [-0.05, 0) is 80.4 Å². The molecule has 0 atom stereocenters. The van der Waals surface area contributed by atoms with Crippen molar-refractivity contribution in [3.63, 3.8) is 0 Å². The summed E-state index contributed by atoms with van der Waals surface area (Å²) in [6.45, 7) is 4.92. The van der Waals surface area contributed by atoms with Gasteiger partial charge < -0.3 is 10.2 Å². The van der Waals surface area contributed by atoms with Gasteiger partial charge in [0.2, 0.25) is 0 Å². The third-order valence-electron chi connectivity index (χ3n) is 4.06. The zero-order valence-corrected chi connectivity index (χ0v) is 14.4. The van der Waals surface area contributed by atoms with Crippen LogP contribution in [0.3, 0.4) is 0 Å². The lowest BCUT2D eigenvalue weighted by Gasteiger charge is -2.32. The number of nitrogens with one attached hydrogen (secondary N) is 1. The highest BCUT2D eigenvalue weighted by Crippen LogP contribution is 2.23. The maximum absolute atomic E-state index is 12.6. The van der Waals surface area contributed by atoms with Gasteiger partial charge >= 0.3 is 0 Å². The Labute approximate surface area is 135 Å². The number of halogens is 1. The Morgan fingerprint density at radius 1 is 1.40 bits per heavy atom. The van der Waals surface area contributed by atoms with Crippen LogP contribution in [0.4, 0.5) is 0 Å². The summed E-state index contributed by atoms with van der Waals surface area (Å²) in [7, 11) is 2.00. The fourth-order valence-electron chi connectivity index (χ4n) is 2.75. The van der Waals surface area contributed by atoms with E-state index >= 15 is 0 Å². The topological polar surface area (TPSA) is 32.3 Å². The highest BCUT2D eigenvalue weighted by Gasteiger charge is 2.24. The number of carbonyl (C=O) groups excluding carboxylic acids is 1. The molecule has 1 aliphatic heterocycles. The van der Waals surface area contributed by atoms with E-state index in [0.29, 0.717) is 0 Å². The molecule has 0 radical (unpaired) electrons. The molecular formula is C16H23IN2O. The molecule has 0 aromatic heterocycles. The van der Waals surface area contributed by atoms with Gasteiger partial charge in [-0.25, -0.2) is 0 Å². The summed E-state index contributed by atoms with van der Waals surface area (Å²) in [4.78, 5) is 14.6.